The fraction of sp³-hybridized carbons (Fsp3) is 0.333. The van der Waals surface area contributed by atoms with Crippen LogP contribution in [0.15, 0.2) is 48.8 Å². The molecule has 0 unspecified atom stereocenters. The Morgan fingerprint density at radius 3 is 2.48 bits per heavy atom. The van der Waals surface area contributed by atoms with Crippen LogP contribution < -0.4 is 10.2 Å². The lowest BCUT2D eigenvalue weighted by molar-refractivity contribution is -0.138. The zero-order chi connectivity index (χ0) is 29.9. The molecule has 0 bridgehead atoms. The van der Waals surface area contributed by atoms with Gasteiger partial charge < -0.3 is 15.1 Å². The summed E-state index contributed by atoms with van der Waals surface area (Å²) in [5.41, 5.74) is 1.13. The molecule has 0 aliphatic carbocycles. The first-order valence-electron chi connectivity index (χ1n) is 13.6. The summed E-state index contributed by atoms with van der Waals surface area (Å²) < 4.78 is 42.0. The minimum absolute atomic E-state index is 0.101. The van der Waals surface area contributed by atoms with Gasteiger partial charge in [-0.1, -0.05) is 24.8 Å². The van der Waals surface area contributed by atoms with Crippen molar-refractivity contribution in [3.63, 3.8) is 0 Å². The molecule has 0 spiro atoms. The number of anilines is 2. The number of piperazine rings is 1. The minimum Gasteiger partial charge on any atom is -0.361 e. The molecule has 2 N–H and O–H groups in total. The smallest absolute Gasteiger partial charge is 0.361 e. The van der Waals surface area contributed by atoms with E-state index in [0.29, 0.717) is 29.9 Å². The molecule has 3 aromatic heterocycles. The molecule has 42 heavy (non-hydrogen) atoms. The molecule has 12 heteroatoms. The third-order valence-corrected chi connectivity index (χ3v) is 7.16. The lowest BCUT2D eigenvalue weighted by atomic mass is 10.0. The maximum atomic E-state index is 14.0. The molecule has 4 aromatic rings. The monoisotopic (exact) mass is 576 g/mol. The van der Waals surface area contributed by atoms with E-state index in [0.717, 1.165) is 36.9 Å². The van der Waals surface area contributed by atoms with Crippen LogP contribution in [0.1, 0.15) is 39.5 Å². The number of aromatic nitrogens is 4. The number of carbonyl (C=O) groups excluding carboxylic acids is 1. The van der Waals surface area contributed by atoms with Crippen molar-refractivity contribution in [2.45, 2.75) is 19.6 Å². The SMILES string of the molecule is CCN1CCN(Cc2ccc(C(=O)Nc3cc(C#Cc4cnc5[nH]nc(N(C)C)c5c4)ccn3)cc2C(F)(F)F)CC1. The maximum Gasteiger partial charge on any atom is 0.416 e. The Hall–Kier alpha value is -4.47. The van der Waals surface area contributed by atoms with Crippen LogP contribution in [0.2, 0.25) is 0 Å². The minimum atomic E-state index is -4.59. The molecule has 1 fully saturated rings. The Labute approximate surface area is 241 Å². The highest BCUT2D eigenvalue weighted by molar-refractivity contribution is 6.04. The molecule has 218 valence electrons. The van der Waals surface area contributed by atoms with Crippen molar-refractivity contribution in [1.29, 1.82) is 0 Å². The third kappa shape index (κ3) is 6.70. The third-order valence-electron chi connectivity index (χ3n) is 7.16. The van der Waals surface area contributed by atoms with Crippen molar-refractivity contribution in [2.24, 2.45) is 0 Å². The van der Waals surface area contributed by atoms with E-state index in [2.05, 4.69) is 49.1 Å². The van der Waals surface area contributed by atoms with Gasteiger partial charge in [0.2, 0.25) is 0 Å². The zero-order valence-electron chi connectivity index (χ0n) is 23.6. The predicted molar refractivity (Wildman–Crippen MR) is 155 cm³/mol. The number of nitrogens with zero attached hydrogens (tertiary/aromatic N) is 6. The molecule has 4 heterocycles. The number of H-pyrrole nitrogens is 1. The Bertz CT molecular complexity index is 1650. The van der Waals surface area contributed by atoms with Crippen LogP contribution in [0.4, 0.5) is 24.8 Å². The second-order valence-corrected chi connectivity index (χ2v) is 10.3. The zero-order valence-corrected chi connectivity index (χ0v) is 23.6. The Morgan fingerprint density at radius 2 is 1.76 bits per heavy atom. The average Bonchev–Trinajstić information content (AvgIpc) is 3.40. The molecular weight excluding hydrogens is 545 g/mol. The van der Waals surface area contributed by atoms with Crippen LogP contribution in [-0.2, 0) is 12.7 Å². The van der Waals surface area contributed by atoms with Crippen LogP contribution in [0.25, 0.3) is 11.0 Å². The lowest BCUT2D eigenvalue weighted by Crippen LogP contribution is -2.45. The fourth-order valence-electron chi connectivity index (χ4n) is 4.83. The van der Waals surface area contributed by atoms with E-state index < -0.39 is 17.6 Å². The molecule has 0 saturated carbocycles. The number of amides is 1. The normalized spacial score (nSPS) is 14.4. The second kappa shape index (κ2) is 12.2. The number of aromatic amines is 1. The van der Waals surface area contributed by atoms with Gasteiger partial charge >= 0.3 is 6.18 Å². The van der Waals surface area contributed by atoms with Gasteiger partial charge in [-0.25, -0.2) is 9.97 Å². The number of benzene rings is 1. The predicted octanol–water partition coefficient (Wildman–Crippen LogP) is 4.23. The highest BCUT2D eigenvalue weighted by Crippen LogP contribution is 2.34. The van der Waals surface area contributed by atoms with Crippen molar-refractivity contribution in [3.05, 3.63) is 76.6 Å². The Kier molecular flexibility index (Phi) is 8.42. The highest BCUT2D eigenvalue weighted by Gasteiger charge is 2.34. The fourth-order valence-corrected chi connectivity index (χ4v) is 4.83. The van der Waals surface area contributed by atoms with E-state index in [-0.39, 0.29) is 23.5 Å². The number of pyridine rings is 2. The molecule has 5 rings (SSSR count). The summed E-state index contributed by atoms with van der Waals surface area (Å²) in [6, 6.07) is 8.85. The second-order valence-electron chi connectivity index (χ2n) is 10.3. The summed E-state index contributed by atoms with van der Waals surface area (Å²) in [5, 5.41) is 10.6. The summed E-state index contributed by atoms with van der Waals surface area (Å²) in [6.07, 6.45) is -1.49. The van der Waals surface area contributed by atoms with Gasteiger partial charge in [0.15, 0.2) is 11.5 Å². The standard InChI is InChI=1S/C30H31F3N8O/c1-4-40-11-13-41(14-12-40)19-23-8-7-22(17-25(23)30(31,32)33)29(42)36-26-16-20(9-10-34-26)5-6-21-15-24-27(35-18-21)37-38-28(24)39(2)3/h7-10,15-18H,4,11-14,19H2,1-3H3,(H,34,36,42)(H,35,37,38). The molecule has 0 atom stereocenters. The van der Waals surface area contributed by atoms with E-state index in [1.165, 1.54) is 18.3 Å². The number of likely N-dealkylation sites (N-methyl/N-ethyl adjacent to an activating group) is 1. The van der Waals surface area contributed by atoms with Gasteiger partial charge in [-0.2, -0.15) is 18.3 Å². The number of fused-ring (bicyclic) bond motifs is 1. The molecule has 1 aromatic carbocycles. The molecular formula is C30H31F3N8O. The van der Waals surface area contributed by atoms with E-state index in [1.807, 2.05) is 30.0 Å². The molecule has 9 nitrogen and oxygen atoms in total. The van der Waals surface area contributed by atoms with Crippen LogP contribution in [0.5, 0.6) is 0 Å². The molecule has 0 radical (unpaired) electrons. The summed E-state index contributed by atoms with van der Waals surface area (Å²) in [5.74, 6) is 6.30. The number of nitrogens with one attached hydrogen (secondary N) is 2. The average molecular weight is 577 g/mol. The van der Waals surface area contributed by atoms with Crippen molar-refractivity contribution in [3.8, 4) is 11.8 Å². The van der Waals surface area contributed by atoms with Gasteiger partial charge in [0.25, 0.3) is 5.91 Å². The number of alkyl halides is 3. The Morgan fingerprint density at radius 1 is 1.02 bits per heavy atom. The first kappa shape index (κ1) is 29.0. The summed E-state index contributed by atoms with van der Waals surface area (Å²) in [7, 11) is 3.77. The van der Waals surface area contributed by atoms with E-state index in [4.69, 9.17) is 0 Å². The van der Waals surface area contributed by atoms with Crippen LogP contribution in [-0.4, -0.2) is 82.7 Å². The van der Waals surface area contributed by atoms with E-state index in [1.54, 1.807) is 18.3 Å². The van der Waals surface area contributed by atoms with Crippen molar-refractivity contribution in [1.82, 2.24) is 30.0 Å². The highest BCUT2D eigenvalue weighted by atomic mass is 19.4. The van der Waals surface area contributed by atoms with Crippen LogP contribution in [0.3, 0.4) is 0 Å². The maximum absolute atomic E-state index is 14.0. The van der Waals surface area contributed by atoms with Gasteiger partial charge in [0.05, 0.1) is 10.9 Å². The first-order chi connectivity index (χ1) is 20.1. The molecule has 1 saturated heterocycles. The van der Waals surface area contributed by atoms with Crippen molar-refractivity contribution >= 4 is 28.6 Å². The molecule has 1 aliphatic heterocycles. The Balaban J connectivity index is 1.30. The van der Waals surface area contributed by atoms with Gasteiger partial charge in [-0.15, -0.1) is 0 Å². The summed E-state index contributed by atoms with van der Waals surface area (Å²) in [4.78, 5) is 27.6. The number of carbonyl (C=O) groups is 1. The van der Waals surface area contributed by atoms with Gasteiger partial charge in [-0.3, -0.25) is 14.8 Å². The van der Waals surface area contributed by atoms with Crippen LogP contribution >= 0.6 is 0 Å². The van der Waals surface area contributed by atoms with Crippen molar-refractivity contribution in [2.75, 3.05) is 57.0 Å². The quantitative estimate of drug-likeness (QED) is 0.332. The van der Waals surface area contributed by atoms with E-state index >= 15 is 0 Å². The van der Waals surface area contributed by atoms with Gasteiger partial charge in [0, 0.05) is 75.9 Å². The van der Waals surface area contributed by atoms with E-state index in [9.17, 15) is 18.0 Å². The van der Waals surface area contributed by atoms with Gasteiger partial charge in [0.1, 0.15) is 5.82 Å². The van der Waals surface area contributed by atoms with Crippen LogP contribution in [0, 0.1) is 11.8 Å². The molecule has 1 aliphatic rings. The summed E-state index contributed by atoms with van der Waals surface area (Å²) >= 11 is 0. The number of hydrogen-bond donors (Lipinski definition) is 2. The number of hydrogen-bond acceptors (Lipinski definition) is 7. The molecule has 1 amide bonds. The summed E-state index contributed by atoms with van der Waals surface area (Å²) in [6.45, 7) is 6.21. The topological polar surface area (TPSA) is 93.3 Å². The lowest BCUT2D eigenvalue weighted by Gasteiger charge is -2.34. The number of rotatable bonds is 6. The largest absolute Gasteiger partial charge is 0.416 e. The van der Waals surface area contributed by atoms with Crippen molar-refractivity contribution < 1.29 is 18.0 Å². The van der Waals surface area contributed by atoms with Gasteiger partial charge in [-0.05, 0) is 42.4 Å². The number of halogens is 3. The first-order valence-corrected chi connectivity index (χ1v) is 13.6.